The van der Waals surface area contributed by atoms with Crippen molar-refractivity contribution in [2.75, 3.05) is 47.5 Å². The third-order valence-electron chi connectivity index (χ3n) is 14.2. The van der Waals surface area contributed by atoms with E-state index in [0.717, 1.165) is 51.4 Å². The first-order chi connectivity index (χ1) is 35.5. The summed E-state index contributed by atoms with van der Waals surface area (Å²) in [6, 6.07) is 0. The van der Waals surface area contributed by atoms with E-state index < -0.39 is 26.5 Å². The van der Waals surface area contributed by atoms with Crippen LogP contribution in [0.2, 0.25) is 0 Å². The summed E-state index contributed by atoms with van der Waals surface area (Å²) in [4.78, 5) is 37.9. The molecule has 73 heavy (non-hydrogen) atoms. The predicted molar refractivity (Wildman–Crippen MR) is 310 cm³/mol. The van der Waals surface area contributed by atoms with E-state index in [-0.39, 0.29) is 32.0 Å². The number of phosphoric acid groups is 1. The van der Waals surface area contributed by atoms with Crippen molar-refractivity contribution >= 4 is 19.8 Å². The van der Waals surface area contributed by atoms with Gasteiger partial charge in [-0.15, -0.1) is 0 Å². The number of likely N-dealkylation sites (N-methyl/N-ethyl adjacent to an activating group) is 1. The molecule has 0 amide bonds. The molecule has 0 bridgehead atoms. The summed E-state index contributed by atoms with van der Waals surface area (Å²) < 4.78 is 34.2. The number of allylic oxidation sites excluding steroid dienone is 4. The molecule has 0 aliphatic carbocycles. The lowest BCUT2D eigenvalue weighted by Gasteiger charge is -2.28. The summed E-state index contributed by atoms with van der Waals surface area (Å²) in [5.41, 5.74) is 0. The zero-order valence-electron chi connectivity index (χ0n) is 49.1. The van der Waals surface area contributed by atoms with Gasteiger partial charge in [0.1, 0.15) is 19.8 Å². The number of hydrogen-bond acceptors (Lipinski definition) is 8. The van der Waals surface area contributed by atoms with Gasteiger partial charge in [0, 0.05) is 12.8 Å². The third-order valence-corrected chi connectivity index (χ3v) is 15.2. The molecule has 0 aromatic heterocycles. The van der Waals surface area contributed by atoms with Gasteiger partial charge in [-0.1, -0.05) is 282 Å². The average Bonchev–Trinajstić information content (AvgIpc) is 3.35. The predicted octanol–water partition coefficient (Wildman–Crippen LogP) is 19.1. The molecule has 0 rings (SSSR count). The number of hydrogen-bond donors (Lipinski definition) is 0. The van der Waals surface area contributed by atoms with Crippen molar-refractivity contribution in [1.82, 2.24) is 0 Å². The van der Waals surface area contributed by atoms with Gasteiger partial charge < -0.3 is 27.9 Å². The van der Waals surface area contributed by atoms with E-state index >= 15 is 0 Å². The maximum Gasteiger partial charge on any atom is 0.306 e. The van der Waals surface area contributed by atoms with Crippen LogP contribution < -0.4 is 4.89 Å². The van der Waals surface area contributed by atoms with Crippen molar-refractivity contribution in [1.29, 1.82) is 0 Å². The first-order valence-electron chi connectivity index (χ1n) is 31.5. The molecular weight excluding hydrogens is 930 g/mol. The van der Waals surface area contributed by atoms with Crippen molar-refractivity contribution in [3.63, 3.8) is 0 Å². The molecule has 0 saturated heterocycles. The third kappa shape index (κ3) is 59.6. The Morgan fingerprint density at radius 1 is 0.425 bits per heavy atom. The Morgan fingerprint density at radius 2 is 0.740 bits per heavy atom. The van der Waals surface area contributed by atoms with E-state index in [4.69, 9.17) is 18.5 Å². The van der Waals surface area contributed by atoms with Crippen LogP contribution in [0.5, 0.6) is 0 Å². The Bertz CT molecular complexity index is 1280. The molecule has 0 aliphatic rings. The van der Waals surface area contributed by atoms with Crippen LogP contribution in [0.25, 0.3) is 0 Å². The Hall–Kier alpha value is -1.51. The highest BCUT2D eigenvalue weighted by molar-refractivity contribution is 7.45. The van der Waals surface area contributed by atoms with E-state index in [1.54, 1.807) is 0 Å². The smallest absolute Gasteiger partial charge is 0.306 e. The van der Waals surface area contributed by atoms with Crippen molar-refractivity contribution in [2.24, 2.45) is 0 Å². The van der Waals surface area contributed by atoms with E-state index in [9.17, 15) is 19.0 Å². The van der Waals surface area contributed by atoms with Gasteiger partial charge in [0.15, 0.2) is 6.10 Å². The molecule has 0 fully saturated rings. The van der Waals surface area contributed by atoms with Gasteiger partial charge in [0.05, 0.1) is 27.7 Å². The van der Waals surface area contributed by atoms with Gasteiger partial charge in [-0.2, -0.15) is 0 Å². The fourth-order valence-corrected chi connectivity index (χ4v) is 10.1. The molecule has 0 radical (unpaired) electrons. The maximum atomic E-state index is 12.8. The van der Waals surface area contributed by atoms with Crippen molar-refractivity contribution < 1.29 is 42.1 Å². The molecule has 0 saturated carbocycles. The van der Waals surface area contributed by atoms with Crippen molar-refractivity contribution in [3.05, 3.63) is 24.3 Å². The van der Waals surface area contributed by atoms with Gasteiger partial charge in [-0.05, 0) is 44.9 Å². The second kappa shape index (κ2) is 55.3. The van der Waals surface area contributed by atoms with E-state index in [1.807, 2.05) is 21.1 Å². The Balaban J connectivity index is 4.02. The van der Waals surface area contributed by atoms with Crippen LogP contribution >= 0.6 is 7.82 Å². The summed E-state index contributed by atoms with van der Waals surface area (Å²) in [5.74, 6) is -0.821. The lowest BCUT2D eigenvalue weighted by molar-refractivity contribution is -0.870. The minimum absolute atomic E-state index is 0.0292. The first-order valence-corrected chi connectivity index (χ1v) is 33.0. The van der Waals surface area contributed by atoms with E-state index in [1.165, 1.54) is 231 Å². The zero-order valence-corrected chi connectivity index (χ0v) is 50.0. The SMILES string of the molecule is CCCCC/C=C\C/C=C\CCCCCCCCCCCC(=O)OC(COC(=O)CCCCCCCCCCCCCCCCCCCCCCCCCCCCCCCC)COP(=O)([O-])OCC[N+](C)(C)C. The monoisotopic (exact) mass is 1050 g/mol. The molecule has 0 spiro atoms. The van der Waals surface area contributed by atoms with Gasteiger partial charge in [0.2, 0.25) is 0 Å². The molecule has 2 atom stereocenters. The van der Waals surface area contributed by atoms with Crippen LogP contribution in [0.3, 0.4) is 0 Å². The van der Waals surface area contributed by atoms with E-state index in [0.29, 0.717) is 17.4 Å². The molecule has 0 aliphatic heterocycles. The molecule has 0 heterocycles. The minimum Gasteiger partial charge on any atom is -0.756 e. The fraction of sp³-hybridized carbons (Fsp3) is 0.905. The number of carbonyl (C=O) groups is 2. The topological polar surface area (TPSA) is 111 Å². The van der Waals surface area contributed by atoms with Crippen LogP contribution in [-0.2, 0) is 32.7 Å². The van der Waals surface area contributed by atoms with Crippen LogP contribution in [0.15, 0.2) is 24.3 Å². The summed E-state index contributed by atoms with van der Waals surface area (Å²) >= 11 is 0. The number of nitrogens with zero attached hydrogens (tertiary/aromatic N) is 1. The highest BCUT2D eigenvalue weighted by Crippen LogP contribution is 2.38. The van der Waals surface area contributed by atoms with Crippen molar-refractivity contribution in [3.8, 4) is 0 Å². The van der Waals surface area contributed by atoms with Crippen LogP contribution in [0.1, 0.15) is 316 Å². The van der Waals surface area contributed by atoms with Crippen LogP contribution in [0, 0.1) is 0 Å². The van der Waals surface area contributed by atoms with Crippen molar-refractivity contribution in [2.45, 2.75) is 322 Å². The number of ether oxygens (including phenoxy) is 2. The second-order valence-electron chi connectivity index (χ2n) is 22.8. The Labute approximate surface area is 453 Å². The number of unbranched alkanes of at least 4 members (excludes halogenated alkanes) is 41. The molecule has 2 unspecified atom stereocenters. The fourth-order valence-electron chi connectivity index (χ4n) is 9.34. The quantitative estimate of drug-likeness (QED) is 0.0195. The Kier molecular flexibility index (Phi) is 54.1. The second-order valence-corrected chi connectivity index (χ2v) is 24.2. The zero-order chi connectivity index (χ0) is 53.5. The molecule has 432 valence electrons. The van der Waals surface area contributed by atoms with Gasteiger partial charge in [-0.3, -0.25) is 14.2 Å². The highest BCUT2D eigenvalue weighted by atomic mass is 31.2. The number of rotatable bonds is 59. The minimum atomic E-state index is -4.63. The summed E-state index contributed by atoms with van der Waals surface area (Å²) in [6.07, 6.45) is 66.7. The molecule has 9 nitrogen and oxygen atoms in total. The van der Waals surface area contributed by atoms with E-state index in [2.05, 4.69) is 38.2 Å². The molecule has 0 aromatic carbocycles. The first kappa shape index (κ1) is 71.5. The number of quaternary nitrogens is 1. The number of phosphoric ester groups is 1. The Morgan fingerprint density at radius 3 is 1.11 bits per heavy atom. The maximum absolute atomic E-state index is 12.8. The highest BCUT2D eigenvalue weighted by Gasteiger charge is 2.22. The summed E-state index contributed by atoms with van der Waals surface area (Å²) in [5, 5.41) is 0. The standard InChI is InChI=1S/C63H122NO8P/c1-6-8-10-12-14-16-18-20-22-24-26-27-28-29-30-31-32-33-34-35-36-38-39-41-43-45-47-49-51-53-55-62(65)69-59-61(60-71-73(67,68)70-58-57-64(3,4)5)72-63(66)56-54-52-50-48-46-44-42-40-37-25-23-21-19-17-15-13-11-9-7-2/h15,17,21,23,61H,6-14,16,18-20,22,24-60H2,1-5H3/b17-15-,23-21-. The average molecular weight is 1050 g/mol. The van der Waals surface area contributed by atoms with Gasteiger partial charge in [0.25, 0.3) is 7.82 Å². The molecule has 0 aromatic rings. The molecule has 0 N–H and O–H groups in total. The number of carbonyl (C=O) groups excluding carboxylic acids is 2. The molecule has 10 heteroatoms. The number of esters is 2. The summed E-state index contributed by atoms with van der Waals surface area (Å²) in [6.45, 7) is 4.27. The normalized spacial score (nSPS) is 13.3. The lowest BCUT2D eigenvalue weighted by Crippen LogP contribution is -2.37. The van der Waals surface area contributed by atoms with Gasteiger partial charge >= 0.3 is 11.9 Å². The van der Waals surface area contributed by atoms with Crippen LogP contribution in [-0.4, -0.2) is 70.0 Å². The van der Waals surface area contributed by atoms with Gasteiger partial charge in [-0.25, -0.2) is 0 Å². The largest absolute Gasteiger partial charge is 0.756 e. The molecular formula is C63H122NO8P. The van der Waals surface area contributed by atoms with Crippen LogP contribution in [0.4, 0.5) is 0 Å². The lowest BCUT2D eigenvalue weighted by atomic mass is 10.0. The summed E-state index contributed by atoms with van der Waals surface area (Å²) in [7, 11) is 1.18.